The molecule has 2 aromatic carbocycles. The van der Waals surface area contributed by atoms with E-state index in [0.29, 0.717) is 19.8 Å². The molecule has 1 aliphatic heterocycles. The zero-order chi connectivity index (χ0) is 19.6. The zero-order valence-electron chi connectivity index (χ0n) is 16.0. The first-order valence-electron chi connectivity index (χ1n) is 9.45. The number of pyridine rings is 1. The molecule has 0 atom stereocenters. The quantitative estimate of drug-likeness (QED) is 0.486. The lowest BCUT2D eigenvalue weighted by atomic mass is 10.0. The lowest BCUT2D eigenvalue weighted by Crippen LogP contribution is -2.15. The van der Waals surface area contributed by atoms with Gasteiger partial charge in [0.1, 0.15) is 24.8 Å². The fourth-order valence-electron chi connectivity index (χ4n) is 3.50. The van der Waals surface area contributed by atoms with Crippen LogP contribution in [0.25, 0.3) is 21.2 Å². The summed E-state index contributed by atoms with van der Waals surface area (Å²) in [6, 6.07) is 16.2. The van der Waals surface area contributed by atoms with E-state index in [9.17, 15) is 0 Å². The number of hydrogen-bond donors (Lipinski definition) is 1. The summed E-state index contributed by atoms with van der Waals surface area (Å²) in [5.41, 5.74) is 3.39. The number of ether oxygens (including phenoxy) is 3. The number of nitrogens with zero attached hydrogens (tertiary/aromatic N) is 1. The van der Waals surface area contributed by atoms with Gasteiger partial charge in [0, 0.05) is 28.4 Å². The Morgan fingerprint density at radius 1 is 1.07 bits per heavy atom. The number of hydrogen-bond acceptors (Lipinski definition) is 6. The molecule has 0 bridgehead atoms. The van der Waals surface area contributed by atoms with Gasteiger partial charge in [0.2, 0.25) is 0 Å². The number of rotatable bonds is 5. The van der Waals surface area contributed by atoms with E-state index in [2.05, 4.69) is 39.9 Å². The number of anilines is 1. The van der Waals surface area contributed by atoms with E-state index in [0.717, 1.165) is 45.1 Å². The van der Waals surface area contributed by atoms with Crippen molar-refractivity contribution in [1.29, 1.82) is 0 Å². The molecular formula is C23H20N2O3S. The Bertz CT molecular complexity index is 1170. The third-order valence-electron chi connectivity index (χ3n) is 4.93. The average Bonchev–Trinajstić information content (AvgIpc) is 3.22. The van der Waals surface area contributed by atoms with Crippen molar-refractivity contribution in [2.75, 3.05) is 25.6 Å². The largest absolute Gasteiger partial charge is 0.497 e. The van der Waals surface area contributed by atoms with Gasteiger partial charge in [-0.05, 0) is 46.8 Å². The monoisotopic (exact) mass is 404 g/mol. The van der Waals surface area contributed by atoms with Crippen LogP contribution in [0.2, 0.25) is 0 Å². The minimum atomic E-state index is 0.587. The van der Waals surface area contributed by atoms with E-state index in [1.165, 1.54) is 4.70 Å². The maximum atomic E-state index is 5.69. The van der Waals surface area contributed by atoms with Crippen LogP contribution in [0.3, 0.4) is 0 Å². The molecule has 6 heteroatoms. The lowest BCUT2D eigenvalue weighted by molar-refractivity contribution is 0.171. The van der Waals surface area contributed by atoms with Crippen molar-refractivity contribution in [3.63, 3.8) is 0 Å². The summed E-state index contributed by atoms with van der Waals surface area (Å²) in [4.78, 5) is 4.62. The van der Waals surface area contributed by atoms with E-state index in [1.807, 2.05) is 30.5 Å². The number of nitrogens with one attached hydrogen (secondary N) is 1. The number of thiophene rings is 1. The lowest BCUT2D eigenvalue weighted by Gasteiger charge is -2.19. The van der Waals surface area contributed by atoms with Crippen LogP contribution in [0.5, 0.6) is 17.2 Å². The van der Waals surface area contributed by atoms with Gasteiger partial charge in [0.15, 0.2) is 11.5 Å². The maximum absolute atomic E-state index is 5.69. The first-order chi connectivity index (χ1) is 14.3. The molecule has 5 rings (SSSR count). The fourth-order valence-corrected chi connectivity index (χ4v) is 4.47. The SMILES string of the molecule is COc1cccc(-c2csc3ccnc(NCc4ccc5c(c4)OCCO5)c23)c1. The van der Waals surface area contributed by atoms with E-state index in [1.54, 1.807) is 18.4 Å². The summed E-state index contributed by atoms with van der Waals surface area (Å²) in [6.45, 7) is 1.83. The van der Waals surface area contributed by atoms with Gasteiger partial charge >= 0.3 is 0 Å². The van der Waals surface area contributed by atoms with Gasteiger partial charge in [-0.1, -0.05) is 18.2 Å². The number of methoxy groups -OCH3 is 1. The van der Waals surface area contributed by atoms with Crippen molar-refractivity contribution < 1.29 is 14.2 Å². The molecule has 0 fully saturated rings. The molecule has 1 aliphatic rings. The van der Waals surface area contributed by atoms with Gasteiger partial charge in [0.25, 0.3) is 0 Å². The van der Waals surface area contributed by atoms with E-state index in [4.69, 9.17) is 14.2 Å². The predicted molar refractivity (Wildman–Crippen MR) is 116 cm³/mol. The smallest absolute Gasteiger partial charge is 0.161 e. The number of aromatic nitrogens is 1. The highest BCUT2D eigenvalue weighted by Crippen LogP contribution is 2.39. The second-order valence-corrected chi connectivity index (χ2v) is 7.66. The normalized spacial score (nSPS) is 12.7. The molecule has 146 valence electrons. The van der Waals surface area contributed by atoms with Crippen molar-refractivity contribution in [3.05, 3.63) is 65.7 Å². The van der Waals surface area contributed by atoms with Crippen molar-refractivity contribution in [2.24, 2.45) is 0 Å². The summed E-state index contributed by atoms with van der Waals surface area (Å²) in [5, 5.41) is 6.81. The highest BCUT2D eigenvalue weighted by atomic mass is 32.1. The van der Waals surface area contributed by atoms with E-state index in [-0.39, 0.29) is 0 Å². The van der Waals surface area contributed by atoms with Crippen LogP contribution < -0.4 is 19.5 Å². The zero-order valence-corrected chi connectivity index (χ0v) is 16.8. The summed E-state index contributed by atoms with van der Waals surface area (Å²) >= 11 is 1.72. The summed E-state index contributed by atoms with van der Waals surface area (Å²) in [7, 11) is 1.69. The van der Waals surface area contributed by atoms with Gasteiger partial charge in [-0.25, -0.2) is 4.98 Å². The topological polar surface area (TPSA) is 52.6 Å². The Balaban J connectivity index is 1.46. The second kappa shape index (κ2) is 7.64. The Labute approximate surface area is 172 Å². The van der Waals surface area contributed by atoms with Crippen LogP contribution >= 0.6 is 11.3 Å². The van der Waals surface area contributed by atoms with Crippen LogP contribution in [0, 0.1) is 0 Å². The molecule has 0 saturated carbocycles. The van der Waals surface area contributed by atoms with Crippen molar-refractivity contribution in [1.82, 2.24) is 4.98 Å². The minimum absolute atomic E-state index is 0.587. The molecule has 0 aliphatic carbocycles. The van der Waals surface area contributed by atoms with E-state index >= 15 is 0 Å². The molecule has 4 aromatic rings. The van der Waals surface area contributed by atoms with Gasteiger partial charge in [-0.15, -0.1) is 11.3 Å². The van der Waals surface area contributed by atoms with Crippen molar-refractivity contribution in [2.45, 2.75) is 6.54 Å². The molecule has 0 unspecified atom stereocenters. The molecule has 0 saturated heterocycles. The Morgan fingerprint density at radius 3 is 2.86 bits per heavy atom. The van der Waals surface area contributed by atoms with Crippen LogP contribution in [0.15, 0.2) is 60.1 Å². The molecular weight excluding hydrogens is 384 g/mol. The Kier molecular flexibility index (Phi) is 4.69. The van der Waals surface area contributed by atoms with Crippen LogP contribution in [0.4, 0.5) is 5.82 Å². The highest BCUT2D eigenvalue weighted by Gasteiger charge is 2.14. The van der Waals surface area contributed by atoms with Gasteiger partial charge in [-0.3, -0.25) is 0 Å². The second-order valence-electron chi connectivity index (χ2n) is 6.75. The van der Waals surface area contributed by atoms with Crippen LogP contribution in [0.1, 0.15) is 5.56 Å². The molecule has 1 N–H and O–H groups in total. The summed E-state index contributed by atoms with van der Waals surface area (Å²) in [5.74, 6) is 3.32. The third-order valence-corrected chi connectivity index (χ3v) is 5.88. The van der Waals surface area contributed by atoms with Gasteiger partial charge in [-0.2, -0.15) is 0 Å². The molecule has 29 heavy (non-hydrogen) atoms. The number of benzene rings is 2. The maximum Gasteiger partial charge on any atom is 0.161 e. The van der Waals surface area contributed by atoms with Gasteiger partial charge < -0.3 is 19.5 Å². The Morgan fingerprint density at radius 2 is 1.97 bits per heavy atom. The predicted octanol–water partition coefficient (Wildman–Crippen LogP) is 5.36. The van der Waals surface area contributed by atoms with Crippen molar-refractivity contribution >= 4 is 27.2 Å². The molecule has 5 nitrogen and oxygen atoms in total. The number of fused-ring (bicyclic) bond motifs is 2. The van der Waals surface area contributed by atoms with E-state index < -0.39 is 0 Å². The first kappa shape index (κ1) is 17.8. The highest BCUT2D eigenvalue weighted by molar-refractivity contribution is 7.17. The summed E-state index contributed by atoms with van der Waals surface area (Å²) < 4.78 is 17.9. The first-order valence-corrected chi connectivity index (χ1v) is 10.3. The van der Waals surface area contributed by atoms with Crippen molar-refractivity contribution in [3.8, 4) is 28.4 Å². The molecule has 3 heterocycles. The standard InChI is InChI=1S/C23H20N2O3S/c1-26-17-4-2-3-16(12-17)18-14-29-21-7-8-24-23(22(18)21)25-13-15-5-6-19-20(11-15)28-10-9-27-19/h2-8,11-12,14H,9-10,13H2,1H3,(H,24,25). The summed E-state index contributed by atoms with van der Waals surface area (Å²) in [6.07, 6.45) is 1.85. The molecule has 0 amide bonds. The van der Waals surface area contributed by atoms with Crippen LogP contribution in [-0.4, -0.2) is 25.3 Å². The Hall–Kier alpha value is -3.25. The minimum Gasteiger partial charge on any atom is -0.497 e. The third kappa shape index (κ3) is 3.47. The van der Waals surface area contributed by atoms with Gasteiger partial charge in [0.05, 0.1) is 7.11 Å². The molecule has 0 radical (unpaired) electrons. The average molecular weight is 404 g/mol. The fraction of sp³-hybridized carbons (Fsp3) is 0.174. The molecule has 2 aromatic heterocycles. The molecule has 0 spiro atoms. The van der Waals surface area contributed by atoms with Crippen LogP contribution in [-0.2, 0) is 6.54 Å².